The summed E-state index contributed by atoms with van der Waals surface area (Å²) < 4.78 is 0. The number of hydrogen-bond donors (Lipinski definition) is 3. The van der Waals surface area contributed by atoms with E-state index in [9.17, 15) is 9.59 Å². The van der Waals surface area contributed by atoms with E-state index in [0.717, 1.165) is 0 Å². The Labute approximate surface area is 92.0 Å². The summed E-state index contributed by atoms with van der Waals surface area (Å²) in [5.74, 6) is -0.377. The van der Waals surface area contributed by atoms with Gasteiger partial charge in [0, 0.05) is 11.4 Å². The Morgan fingerprint density at radius 3 is 2.12 bits per heavy atom. The van der Waals surface area contributed by atoms with Crippen LogP contribution in [0, 0.1) is 11.3 Å². The fraction of sp³-hybridized carbons (Fsp3) is 0.100. The number of rotatable bonds is 3. The van der Waals surface area contributed by atoms with Gasteiger partial charge in [-0.15, -0.1) is 0 Å². The van der Waals surface area contributed by atoms with Gasteiger partial charge in [-0.1, -0.05) is 0 Å². The highest BCUT2D eigenvalue weighted by atomic mass is 16.2. The summed E-state index contributed by atoms with van der Waals surface area (Å²) in [5, 5.41) is 13.2. The molecule has 3 amide bonds. The molecule has 0 saturated heterocycles. The van der Waals surface area contributed by atoms with Gasteiger partial charge in [-0.25, -0.2) is 4.79 Å². The molecule has 0 aliphatic heterocycles. The van der Waals surface area contributed by atoms with E-state index in [1.165, 1.54) is 0 Å². The van der Waals surface area contributed by atoms with Gasteiger partial charge < -0.3 is 16.4 Å². The second kappa shape index (κ2) is 5.36. The zero-order valence-corrected chi connectivity index (χ0v) is 8.36. The number of nitrogens with two attached hydrogens (primary N) is 1. The molecule has 0 atom stereocenters. The lowest BCUT2D eigenvalue weighted by molar-refractivity contribution is -0.115. The standard InChI is InChI=1S/C10H10N4O2/c11-6-5-9(15)13-7-1-3-8(4-2-7)14-10(12)16/h1-4H,5H2,(H,13,15)(H3,12,14,16). The number of benzene rings is 1. The molecule has 0 unspecified atom stereocenters. The summed E-state index contributed by atoms with van der Waals surface area (Å²) in [6.07, 6.45) is -0.193. The molecular weight excluding hydrogens is 208 g/mol. The van der Waals surface area contributed by atoms with Crippen LogP contribution in [0.3, 0.4) is 0 Å². The number of carbonyl (C=O) groups is 2. The van der Waals surface area contributed by atoms with Crippen LogP contribution >= 0.6 is 0 Å². The summed E-state index contributed by atoms with van der Waals surface area (Å²) >= 11 is 0. The number of primary amides is 1. The molecule has 1 rings (SSSR count). The van der Waals surface area contributed by atoms with Crippen molar-refractivity contribution in [1.29, 1.82) is 5.26 Å². The Kier molecular flexibility index (Phi) is 3.86. The molecule has 6 nitrogen and oxygen atoms in total. The van der Waals surface area contributed by atoms with Crippen molar-refractivity contribution in [3.05, 3.63) is 24.3 Å². The first-order chi connectivity index (χ1) is 7.61. The number of carbonyl (C=O) groups excluding carboxylic acids is 2. The Bertz CT molecular complexity index is 433. The van der Waals surface area contributed by atoms with E-state index >= 15 is 0 Å². The summed E-state index contributed by atoms with van der Waals surface area (Å²) in [7, 11) is 0. The molecule has 0 aromatic heterocycles. The van der Waals surface area contributed by atoms with Crippen LogP contribution in [0.4, 0.5) is 16.2 Å². The van der Waals surface area contributed by atoms with E-state index in [0.29, 0.717) is 11.4 Å². The van der Waals surface area contributed by atoms with Crippen molar-refractivity contribution in [3.63, 3.8) is 0 Å². The second-order valence-electron chi connectivity index (χ2n) is 2.95. The molecule has 0 bridgehead atoms. The molecule has 0 aliphatic carbocycles. The number of hydrogen-bond acceptors (Lipinski definition) is 3. The number of nitrogens with zero attached hydrogens (tertiary/aromatic N) is 1. The molecule has 4 N–H and O–H groups in total. The van der Waals surface area contributed by atoms with E-state index in [4.69, 9.17) is 11.0 Å². The van der Waals surface area contributed by atoms with E-state index in [2.05, 4.69) is 10.6 Å². The number of amides is 3. The highest BCUT2D eigenvalue weighted by molar-refractivity contribution is 5.92. The zero-order chi connectivity index (χ0) is 12.0. The Morgan fingerprint density at radius 1 is 1.19 bits per heavy atom. The van der Waals surface area contributed by atoms with Gasteiger partial charge in [-0.3, -0.25) is 4.79 Å². The van der Waals surface area contributed by atoms with E-state index in [1.54, 1.807) is 30.3 Å². The predicted octanol–water partition coefficient (Wildman–Crippen LogP) is 1.03. The van der Waals surface area contributed by atoms with Crippen molar-refractivity contribution in [2.45, 2.75) is 6.42 Å². The molecule has 0 fully saturated rings. The van der Waals surface area contributed by atoms with Crippen molar-refractivity contribution < 1.29 is 9.59 Å². The Balaban J connectivity index is 2.61. The minimum Gasteiger partial charge on any atom is -0.351 e. The van der Waals surface area contributed by atoms with Gasteiger partial charge in [0.1, 0.15) is 6.42 Å². The number of nitriles is 1. The van der Waals surface area contributed by atoms with Gasteiger partial charge in [0.05, 0.1) is 6.07 Å². The minimum atomic E-state index is -0.652. The van der Waals surface area contributed by atoms with Crippen molar-refractivity contribution in [3.8, 4) is 6.07 Å². The molecule has 0 heterocycles. The highest BCUT2D eigenvalue weighted by Gasteiger charge is 2.01. The average Bonchev–Trinajstić information content (AvgIpc) is 2.20. The maximum atomic E-state index is 11.1. The van der Waals surface area contributed by atoms with Gasteiger partial charge in [-0.05, 0) is 24.3 Å². The average molecular weight is 218 g/mol. The Hall–Kier alpha value is -2.55. The summed E-state index contributed by atoms with van der Waals surface area (Å²) in [6.45, 7) is 0. The monoisotopic (exact) mass is 218 g/mol. The van der Waals surface area contributed by atoms with Crippen molar-refractivity contribution >= 4 is 23.3 Å². The summed E-state index contributed by atoms with van der Waals surface area (Å²) in [5.41, 5.74) is 6.01. The van der Waals surface area contributed by atoms with Crippen LogP contribution in [0.5, 0.6) is 0 Å². The maximum Gasteiger partial charge on any atom is 0.316 e. The molecule has 82 valence electrons. The number of anilines is 2. The zero-order valence-electron chi connectivity index (χ0n) is 8.36. The molecular formula is C10H10N4O2. The molecule has 0 radical (unpaired) electrons. The van der Waals surface area contributed by atoms with Gasteiger partial charge in [0.15, 0.2) is 0 Å². The molecule has 1 aromatic rings. The largest absolute Gasteiger partial charge is 0.351 e. The topological polar surface area (TPSA) is 108 Å². The molecule has 16 heavy (non-hydrogen) atoms. The van der Waals surface area contributed by atoms with Gasteiger partial charge in [0.25, 0.3) is 0 Å². The van der Waals surface area contributed by atoms with E-state index < -0.39 is 6.03 Å². The summed E-state index contributed by atoms with van der Waals surface area (Å²) in [4.78, 5) is 21.6. The number of urea groups is 1. The highest BCUT2D eigenvalue weighted by Crippen LogP contribution is 2.13. The van der Waals surface area contributed by atoms with Crippen molar-refractivity contribution in [2.75, 3.05) is 10.6 Å². The van der Waals surface area contributed by atoms with Crippen molar-refractivity contribution in [1.82, 2.24) is 0 Å². The van der Waals surface area contributed by atoms with Gasteiger partial charge in [0.2, 0.25) is 5.91 Å². The van der Waals surface area contributed by atoms with Gasteiger partial charge >= 0.3 is 6.03 Å². The van der Waals surface area contributed by atoms with Crippen molar-refractivity contribution in [2.24, 2.45) is 5.73 Å². The third kappa shape index (κ3) is 3.67. The maximum absolute atomic E-state index is 11.1. The normalized spacial score (nSPS) is 8.94. The summed E-state index contributed by atoms with van der Waals surface area (Å²) in [6, 6.07) is 7.46. The lowest BCUT2D eigenvalue weighted by Gasteiger charge is -2.04. The van der Waals surface area contributed by atoms with Crippen LogP contribution in [0.15, 0.2) is 24.3 Å². The van der Waals surface area contributed by atoms with Crippen LogP contribution in [0.25, 0.3) is 0 Å². The fourth-order valence-corrected chi connectivity index (χ4v) is 1.06. The first kappa shape index (κ1) is 11.5. The minimum absolute atomic E-state index is 0.193. The van der Waals surface area contributed by atoms with Crippen LogP contribution in [-0.2, 0) is 4.79 Å². The Morgan fingerprint density at radius 2 is 1.69 bits per heavy atom. The van der Waals surface area contributed by atoms with Crippen LogP contribution in [-0.4, -0.2) is 11.9 Å². The third-order valence-corrected chi connectivity index (χ3v) is 1.68. The molecule has 0 aliphatic rings. The lowest BCUT2D eigenvalue weighted by Crippen LogP contribution is -2.19. The third-order valence-electron chi connectivity index (χ3n) is 1.68. The smallest absolute Gasteiger partial charge is 0.316 e. The fourth-order valence-electron chi connectivity index (χ4n) is 1.06. The second-order valence-corrected chi connectivity index (χ2v) is 2.95. The van der Waals surface area contributed by atoms with Crippen LogP contribution in [0.1, 0.15) is 6.42 Å². The lowest BCUT2D eigenvalue weighted by atomic mass is 10.2. The molecule has 6 heteroatoms. The number of nitrogens with one attached hydrogen (secondary N) is 2. The first-order valence-electron chi connectivity index (χ1n) is 4.45. The molecule has 1 aromatic carbocycles. The molecule has 0 spiro atoms. The van der Waals surface area contributed by atoms with Gasteiger partial charge in [-0.2, -0.15) is 5.26 Å². The first-order valence-corrected chi connectivity index (χ1v) is 4.45. The molecule has 0 saturated carbocycles. The van der Waals surface area contributed by atoms with Crippen LogP contribution in [0.2, 0.25) is 0 Å². The SMILES string of the molecule is N#CCC(=O)Nc1ccc(NC(N)=O)cc1. The van der Waals surface area contributed by atoms with Crippen LogP contribution < -0.4 is 16.4 Å². The predicted molar refractivity (Wildman–Crippen MR) is 58.5 cm³/mol. The van der Waals surface area contributed by atoms with E-state index in [1.807, 2.05) is 0 Å². The quantitative estimate of drug-likeness (QED) is 0.704. The van der Waals surface area contributed by atoms with E-state index in [-0.39, 0.29) is 12.3 Å².